The van der Waals surface area contributed by atoms with Crippen LogP contribution < -0.4 is 0 Å². The smallest absolute Gasteiger partial charge is 0.228 e. The number of aryl methyl sites for hydroxylation is 1. The molecule has 1 saturated heterocycles. The standard InChI is InChI=1S/C16H25N3O2/c1-11-9-12(18-17-11)10-16(21)19-8-4-6-14(19)13-5-2-3-7-15(13)20/h9,13-15,20H,2-8,10H2,1H3,(H,17,18)/t13-,14+,15+/m0/s1. The number of rotatable bonds is 3. The molecule has 2 N–H and O–H groups in total. The summed E-state index contributed by atoms with van der Waals surface area (Å²) in [6, 6.07) is 2.16. The molecule has 0 spiro atoms. The molecule has 2 aliphatic rings. The Bertz CT molecular complexity index is 499. The van der Waals surface area contributed by atoms with E-state index in [4.69, 9.17) is 0 Å². The molecule has 5 nitrogen and oxygen atoms in total. The van der Waals surface area contributed by atoms with Crippen molar-refractivity contribution in [3.05, 3.63) is 17.5 Å². The van der Waals surface area contributed by atoms with Gasteiger partial charge >= 0.3 is 0 Å². The van der Waals surface area contributed by atoms with Gasteiger partial charge < -0.3 is 10.0 Å². The molecule has 1 aliphatic carbocycles. The molecule has 5 heteroatoms. The minimum Gasteiger partial charge on any atom is -0.393 e. The van der Waals surface area contributed by atoms with Crippen LogP contribution >= 0.6 is 0 Å². The topological polar surface area (TPSA) is 69.2 Å². The van der Waals surface area contributed by atoms with Crippen LogP contribution in [-0.2, 0) is 11.2 Å². The van der Waals surface area contributed by atoms with Gasteiger partial charge in [0, 0.05) is 24.2 Å². The van der Waals surface area contributed by atoms with E-state index in [2.05, 4.69) is 10.2 Å². The van der Waals surface area contributed by atoms with Crippen molar-refractivity contribution in [1.82, 2.24) is 15.1 Å². The number of aromatic nitrogens is 2. The number of H-pyrrole nitrogens is 1. The van der Waals surface area contributed by atoms with E-state index in [1.807, 2.05) is 17.9 Å². The summed E-state index contributed by atoms with van der Waals surface area (Å²) in [4.78, 5) is 14.6. The van der Waals surface area contributed by atoms with Crippen LogP contribution in [-0.4, -0.2) is 44.8 Å². The average molecular weight is 291 g/mol. The fraction of sp³-hybridized carbons (Fsp3) is 0.750. The SMILES string of the molecule is Cc1cc(CC(=O)N2CCC[C@@H]2[C@@H]2CCCC[C@H]2O)n[nH]1. The number of hydrogen-bond acceptors (Lipinski definition) is 3. The highest BCUT2D eigenvalue weighted by Crippen LogP contribution is 2.34. The third-order valence-corrected chi connectivity index (χ3v) is 4.99. The van der Waals surface area contributed by atoms with E-state index in [9.17, 15) is 9.90 Å². The van der Waals surface area contributed by atoms with Crippen molar-refractivity contribution < 1.29 is 9.90 Å². The molecule has 1 aromatic rings. The predicted octanol–water partition coefficient (Wildman–Crippen LogP) is 1.80. The molecule has 3 atom stereocenters. The molecular formula is C16H25N3O2. The van der Waals surface area contributed by atoms with Crippen LogP contribution in [0.1, 0.15) is 49.9 Å². The zero-order valence-corrected chi connectivity index (χ0v) is 12.7. The number of hydrogen-bond donors (Lipinski definition) is 2. The van der Waals surface area contributed by atoms with E-state index in [1.165, 1.54) is 6.42 Å². The first-order valence-corrected chi connectivity index (χ1v) is 8.13. The second-order valence-electron chi connectivity index (χ2n) is 6.53. The van der Waals surface area contributed by atoms with Gasteiger partial charge in [-0.1, -0.05) is 12.8 Å². The molecule has 3 rings (SSSR count). The Labute approximate surface area is 125 Å². The lowest BCUT2D eigenvalue weighted by Crippen LogP contribution is -2.45. The number of aliphatic hydroxyl groups is 1. The number of carbonyl (C=O) groups is 1. The maximum Gasteiger partial charge on any atom is 0.228 e. The molecule has 2 heterocycles. The van der Waals surface area contributed by atoms with Crippen LogP contribution in [0, 0.1) is 12.8 Å². The first-order chi connectivity index (χ1) is 10.1. The van der Waals surface area contributed by atoms with Crippen molar-refractivity contribution in [2.75, 3.05) is 6.54 Å². The number of nitrogens with zero attached hydrogens (tertiary/aromatic N) is 2. The number of nitrogens with one attached hydrogen (secondary N) is 1. The zero-order valence-electron chi connectivity index (χ0n) is 12.7. The Morgan fingerprint density at radius 3 is 2.90 bits per heavy atom. The lowest BCUT2D eigenvalue weighted by Gasteiger charge is -2.37. The predicted molar refractivity (Wildman–Crippen MR) is 79.7 cm³/mol. The van der Waals surface area contributed by atoms with E-state index in [0.29, 0.717) is 6.42 Å². The molecular weight excluding hydrogens is 266 g/mol. The van der Waals surface area contributed by atoms with Gasteiger partial charge in [-0.05, 0) is 38.7 Å². The Balaban J connectivity index is 1.66. The van der Waals surface area contributed by atoms with Gasteiger partial charge in [-0.15, -0.1) is 0 Å². The molecule has 0 unspecified atom stereocenters. The highest BCUT2D eigenvalue weighted by molar-refractivity contribution is 5.79. The van der Waals surface area contributed by atoms with Crippen molar-refractivity contribution in [3.8, 4) is 0 Å². The summed E-state index contributed by atoms with van der Waals surface area (Å²) in [5.41, 5.74) is 1.80. The molecule has 2 fully saturated rings. The fourth-order valence-electron chi connectivity index (χ4n) is 3.96. The Hall–Kier alpha value is -1.36. The second kappa shape index (κ2) is 6.18. The Morgan fingerprint density at radius 1 is 1.38 bits per heavy atom. The van der Waals surface area contributed by atoms with Gasteiger partial charge in [0.05, 0.1) is 18.2 Å². The van der Waals surface area contributed by atoms with E-state index < -0.39 is 0 Å². The third-order valence-electron chi connectivity index (χ3n) is 4.99. The maximum atomic E-state index is 12.6. The number of likely N-dealkylation sites (tertiary alicyclic amines) is 1. The highest BCUT2D eigenvalue weighted by atomic mass is 16.3. The molecule has 0 bridgehead atoms. The minimum absolute atomic E-state index is 0.154. The lowest BCUT2D eigenvalue weighted by molar-refractivity contribution is -0.133. The summed E-state index contributed by atoms with van der Waals surface area (Å²) in [5.74, 6) is 0.424. The van der Waals surface area contributed by atoms with Crippen molar-refractivity contribution in [2.45, 2.75) is 64.0 Å². The van der Waals surface area contributed by atoms with Crippen molar-refractivity contribution in [3.63, 3.8) is 0 Å². The van der Waals surface area contributed by atoms with Crippen LogP contribution in [0.5, 0.6) is 0 Å². The molecule has 1 saturated carbocycles. The van der Waals surface area contributed by atoms with E-state index in [1.54, 1.807) is 0 Å². The average Bonchev–Trinajstić information content (AvgIpc) is 3.08. The van der Waals surface area contributed by atoms with Gasteiger partial charge in [-0.25, -0.2) is 0 Å². The second-order valence-corrected chi connectivity index (χ2v) is 6.53. The van der Waals surface area contributed by atoms with Crippen molar-refractivity contribution in [1.29, 1.82) is 0 Å². The summed E-state index contributed by atoms with van der Waals surface area (Å²) in [6.45, 7) is 2.77. The van der Waals surface area contributed by atoms with Crippen LogP contribution in [0.3, 0.4) is 0 Å². The van der Waals surface area contributed by atoms with Crippen molar-refractivity contribution >= 4 is 5.91 Å². The van der Waals surface area contributed by atoms with E-state index in [-0.39, 0.29) is 24.0 Å². The maximum absolute atomic E-state index is 12.6. The van der Waals surface area contributed by atoms with Crippen LogP contribution in [0.4, 0.5) is 0 Å². The monoisotopic (exact) mass is 291 g/mol. The zero-order chi connectivity index (χ0) is 14.8. The molecule has 1 aromatic heterocycles. The van der Waals surface area contributed by atoms with Gasteiger partial charge in [0.15, 0.2) is 0 Å². The van der Waals surface area contributed by atoms with E-state index >= 15 is 0 Å². The number of aliphatic hydroxyl groups excluding tert-OH is 1. The molecule has 116 valence electrons. The molecule has 0 radical (unpaired) electrons. The fourth-order valence-corrected chi connectivity index (χ4v) is 3.96. The highest BCUT2D eigenvalue weighted by Gasteiger charge is 2.38. The normalized spacial score (nSPS) is 29.8. The first-order valence-electron chi connectivity index (χ1n) is 8.13. The van der Waals surface area contributed by atoms with Crippen molar-refractivity contribution in [2.24, 2.45) is 5.92 Å². The number of carbonyl (C=O) groups excluding carboxylic acids is 1. The van der Waals surface area contributed by atoms with Gasteiger partial charge in [-0.3, -0.25) is 9.89 Å². The summed E-state index contributed by atoms with van der Waals surface area (Å²) in [6.07, 6.45) is 6.46. The summed E-state index contributed by atoms with van der Waals surface area (Å²) in [7, 11) is 0. The number of amides is 1. The Kier molecular flexibility index (Phi) is 4.29. The van der Waals surface area contributed by atoms with E-state index in [0.717, 1.165) is 50.0 Å². The summed E-state index contributed by atoms with van der Waals surface area (Å²) in [5, 5.41) is 17.3. The van der Waals surface area contributed by atoms with Gasteiger partial charge in [0.25, 0.3) is 0 Å². The van der Waals surface area contributed by atoms with Gasteiger partial charge in [0.1, 0.15) is 0 Å². The summed E-state index contributed by atoms with van der Waals surface area (Å²) >= 11 is 0. The third kappa shape index (κ3) is 3.12. The molecule has 21 heavy (non-hydrogen) atoms. The number of aromatic amines is 1. The quantitative estimate of drug-likeness (QED) is 0.892. The Morgan fingerprint density at radius 2 is 2.19 bits per heavy atom. The molecule has 1 amide bonds. The lowest BCUT2D eigenvalue weighted by atomic mass is 9.80. The van der Waals surface area contributed by atoms with Crippen LogP contribution in [0.25, 0.3) is 0 Å². The molecule has 1 aliphatic heterocycles. The first kappa shape index (κ1) is 14.6. The van der Waals surface area contributed by atoms with Crippen LogP contribution in [0.15, 0.2) is 6.07 Å². The van der Waals surface area contributed by atoms with Crippen LogP contribution in [0.2, 0.25) is 0 Å². The minimum atomic E-state index is -0.232. The largest absolute Gasteiger partial charge is 0.393 e. The molecule has 0 aromatic carbocycles. The summed E-state index contributed by atoms with van der Waals surface area (Å²) < 4.78 is 0. The van der Waals surface area contributed by atoms with Gasteiger partial charge in [0.2, 0.25) is 5.91 Å². The van der Waals surface area contributed by atoms with Gasteiger partial charge in [-0.2, -0.15) is 5.10 Å².